The highest BCUT2D eigenvalue weighted by atomic mass is 32.2. The number of rotatable bonds is 11. The summed E-state index contributed by atoms with van der Waals surface area (Å²) >= 11 is 1.67. The van der Waals surface area contributed by atoms with E-state index < -0.39 is 0 Å². The highest BCUT2D eigenvalue weighted by Crippen LogP contribution is 2.30. The van der Waals surface area contributed by atoms with Crippen LogP contribution in [0.2, 0.25) is 0 Å². The number of fused-ring (bicyclic) bond motifs is 1. The molecule has 7 nitrogen and oxygen atoms in total. The van der Waals surface area contributed by atoms with Crippen LogP contribution in [0.4, 0.5) is 0 Å². The smallest absolute Gasteiger partial charge is 0.220 e. The van der Waals surface area contributed by atoms with Crippen molar-refractivity contribution >= 4 is 34.5 Å². The Balaban J connectivity index is 1.60. The van der Waals surface area contributed by atoms with Crippen molar-refractivity contribution in [3.05, 3.63) is 70.4 Å². The van der Waals surface area contributed by atoms with Gasteiger partial charge in [0.05, 0.1) is 34.8 Å². The molecule has 3 heterocycles. The molecule has 1 N–H and O–H groups in total. The molecule has 3 aromatic rings. The third-order valence-corrected chi connectivity index (χ3v) is 7.77. The molecule has 0 aliphatic carbocycles. The van der Waals surface area contributed by atoms with E-state index in [9.17, 15) is 14.9 Å². The largest absolute Gasteiger partial charge is 0.355 e. The Morgan fingerprint density at radius 3 is 2.66 bits per heavy atom. The summed E-state index contributed by atoms with van der Waals surface area (Å²) in [6, 6.07) is 11.6. The summed E-state index contributed by atoms with van der Waals surface area (Å²) in [5.74, 6) is 0.939. The first-order chi connectivity index (χ1) is 18.5. The van der Waals surface area contributed by atoms with E-state index in [4.69, 9.17) is 4.98 Å². The van der Waals surface area contributed by atoms with Crippen LogP contribution >= 0.6 is 11.8 Å². The summed E-state index contributed by atoms with van der Waals surface area (Å²) in [6.07, 6.45) is 8.19. The van der Waals surface area contributed by atoms with E-state index in [0.29, 0.717) is 42.6 Å². The molecule has 1 amide bonds. The number of aromatic nitrogens is 2. The molecule has 0 saturated carbocycles. The number of allylic oxidation sites excluding steroid dienone is 1. The Hall–Kier alpha value is -3.41. The molecule has 0 spiro atoms. The van der Waals surface area contributed by atoms with Crippen LogP contribution in [0.15, 0.2) is 48.0 Å². The first-order valence-corrected chi connectivity index (χ1v) is 14.3. The van der Waals surface area contributed by atoms with Gasteiger partial charge in [-0.3, -0.25) is 19.5 Å². The van der Waals surface area contributed by atoms with E-state index in [-0.39, 0.29) is 11.7 Å². The number of nitriles is 1. The predicted molar refractivity (Wildman–Crippen MR) is 154 cm³/mol. The second kappa shape index (κ2) is 13.4. The van der Waals surface area contributed by atoms with Gasteiger partial charge in [-0.05, 0) is 87.5 Å². The number of nitrogens with zero attached hydrogens (tertiary/aromatic N) is 4. The quantitative estimate of drug-likeness (QED) is 0.272. The van der Waals surface area contributed by atoms with Crippen LogP contribution in [0.5, 0.6) is 0 Å². The summed E-state index contributed by atoms with van der Waals surface area (Å²) in [5.41, 5.74) is 5.42. The van der Waals surface area contributed by atoms with Gasteiger partial charge in [-0.15, -0.1) is 11.8 Å². The Labute approximate surface area is 228 Å². The lowest BCUT2D eigenvalue weighted by atomic mass is 10.1. The van der Waals surface area contributed by atoms with E-state index in [1.807, 2.05) is 43.5 Å². The Bertz CT molecular complexity index is 1350. The molecule has 0 unspecified atom stereocenters. The fraction of sp³-hybridized carbons (Fsp3) is 0.400. The monoisotopic (exact) mass is 529 g/mol. The lowest BCUT2D eigenvalue weighted by molar-refractivity contribution is -0.120. The molecular formula is C30H35N5O2S. The number of amides is 1. The predicted octanol–water partition coefficient (Wildman–Crippen LogP) is 5.19. The zero-order valence-corrected chi connectivity index (χ0v) is 23.0. The van der Waals surface area contributed by atoms with Gasteiger partial charge < -0.3 is 9.88 Å². The number of hydrogen-bond donors (Lipinski definition) is 1. The van der Waals surface area contributed by atoms with Crippen LogP contribution in [0.1, 0.15) is 59.8 Å². The standard InChI is InChI=1S/C30H35N5O2S/c1-3-16-38-17-13-32-28(37)12-9-24-18-26-30(33-20-24)29(27(36)21-34-14-5-4-6-15-34)22(2)35(26)25-10-7-23(19-31)8-11-25/h3,7-8,10-11,16,18,20H,4-6,9,12-15,17,21H2,1-2H3,(H,32,37)/b16-3+. The molecule has 198 valence electrons. The molecule has 1 aromatic carbocycles. The number of Topliss-reactive ketones (excluding diaryl/α,β-unsaturated/α-hetero) is 1. The summed E-state index contributed by atoms with van der Waals surface area (Å²) in [5, 5.41) is 14.2. The maximum atomic E-state index is 13.6. The molecule has 8 heteroatoms. The molecule has 1 saturated heterocycles. The number of benzene rings is 1. The molecule has 38 heavy (non-hydrogen) atoms. The lowest BCUT2D eigenvalue weighted by Gasteiger charge is -2.25. The number of carbonyl (C=O) groups is 2. The molecular weight excluding hydrogens is 494 g/mol. The number of ketones is 1. The van der Waals surface area contributed by atoms with E-state index in [0.717, 1.165) is 54.1 Å². The number of aryl methyl sites for hydroxylation is 1. The molecule has 1 aliphatic heterocycles. The molecule has 4 rings (SSSR count). The van der Waals surface area contributed by atoms with Gasteiger partial charge in [0.25, 0.3) is 0 Å². The van der Waals surface area contributed by atoms with Gasteiger partial charge >= 0.3 is 0 Å². The van der Waals surface area contributed by atoms with Gasteiger partial charge in [0.15, 0.2) is 5.78 Å². The minimum Gasteiger partial charge on any atom is -0.355 e. The average Bonchev–Trinajstić information content (AvgIpc) is 3.23. The SMILES string of the molecule is C/C=C/SCCNC(=O)CCc1cnc2c(C(=O)CN3CCCCC3)c(C)n(-c3ccc(C#N)cc3)c2c1. The van der Waals surface area contributed by atoms with Gasteiger partial charge in [0, 0.05) is 36.3 Å². The minimum atomic E-state index is 0.0160. The van der Waals surface area contributed by atoms with Crippen LogP contribution < -0.4 is 5.32 Å². The van der Waals surface area contributed by atoms with Gasteiger partial charge in [-0.1, -0.05) is 12.5 Å². The van der Waals surface area contributed by atoms with Gasteiger partial charge in [0.1, 0.15) is 0 Å². The lowest BCUT2D eigenvalue weighted by Crippen LogP contribution is -2.34. The first kappa shape index (κ1) is 27.6. The maximum absolute atomic E-state index is 13.6. The van der Waals surface area contributed by atoms with Gasteiger partial charge in [-0.25, -0.2) is 0 Å². The summed E-state index contributed by atoms with van der Waals surface area (Å²) < 4.78 is 2.05. The minimum absolute atomic E-state index is 0.0160. The second-order valence-corrected chi connectivity index (χ2v) is 10.6. The van der Waals surface area contributed by atoms with Crippen LogP contribution in [0.25, 0.3) is 16.7 Å². The molecule has 1 fully saturated rings. The average molecular weight is 530 g/mol. The van der Waals surface area contributed by atoms with Crippen molar-refractivity contribution in [2.24, 2.45) is 0 Å². The Kier molecular flexibility index (Phi) is 9.74. The van der Waals surface area contributed by atoms with E-state index in [2.05, 4.69) is 20.9 Å². The number of nitrogens with one attached hydrogen (secondary N) is 1. The molecule has 0 atom stereocenters. The number of hydrogen-bond acceptors (Lipinski definition) is 6. The summed E-state index contributed by atoms with van der Waals surface area (Å²) in [6.45, 7) is 6.86. The number of pyridine rings is 1. The molecule has 2 aromatic heterocycles. The normalized spacial score (nSPS) is 14.1. The number of thioether (sulfide) groups is 1. The molecule has 1 aliphatic rings. The summed E-state index contributed by atoms with van der Waals surface area (Å²) in [7, 11) is 0. The first-order valence-electron chi connectivity index (χ1n) is 13.3. The fourth-order valence-electron chi connectivity index (χ4n) is 4.97. The highest BCUT2D eigenvalue weighted by Gasteiger charge is 2.24. The van der Waals surface area contributed by atoms with Gasteiger partial charge in [0.2, 0.25) is 5.91 Å². The van der Waals surface area contributed by atoms with Crippen LogP contribution in [0.3, 0.4) is 0 Å². The van der Waals surface area contributed by atoms with E-state index in [1.54, 1.807) is 30.1 Å². The van der Waals surface area contributed by atoms with Crippen LogP contribution in [0, 0.1) is 18.3 Å². The van der Waals surface area contributed by atoms with Gasteiger partial charge in [-0.2, -0.15) is 5.26 Å². The van der Waals surface area contributed by atoms with E-state index >= 15 is 0 Å². The van der Waals surface area contributed by atoms with Crippen molar-refractivity contribution in [3.63, 3.8) is 0 Å². The molecule has 0 radical (unpaired) electrons. The third-order valence-electron chi connectivity index (χ3n) is 6.86. The fourth-order valence-corrected chi connectivity index (χ4v) is 5.52. The molecule has 0 bridgehead atoms. The Morgan fingerprint density at radius 1 is 1.18 bits per heavy atom. The van der Waals surface area contributed by atoms with Crippen molar-refractivity contribution in [1.82, 2.24) is 19.8 Å². The Morgan fingerprint density at radius 2 is 1.95 bits per heavy atom. The zero-order valence-electron chi connectivity index (χ0n) is 22.2. The summed E-state index contributed by atoms with van der Waals surface area (Å²) in [4.78, 5) is 32.9. The third kappa shape index (κ3) is 6.72. The van der Waals surface area contributed by atoms with Crippen LogP contribution in [-0.4, -0.2) is 58.1 Å². The number of likely N-dealkylation sites (tertiary alicyclic amines) is 1. The van der Waals surface area contributed by atoms with Crippen molar-refractivity contribution in [3.8, 4) is 11.8 Å². The van der Waals surface area contributed by atoms with Crippen molar-refractivity contribution in [2.75, 3.05) is 31.9 Å². The second-order valence-electron chi connectivity index (χ2n) is 9.62. The maximum Gasteiger partial charge on any atom is 0.220 e. The van der Waals surface area contributed by atoms with Crippen molar-refractivity contribution in [1.29, 1.82) is 5.26 Å². The zero-order chi connectivity index (χ0) is 26.9. The number of carbonyl (C=O) groups excluding carboxylic acids is 2. The van der Waals surface area contributed by atoms with Crippen LogP contribution in [-0.2, 0) is 11.2 Å². The topological polar surface area (TPSA) is 91.0 Å². The number of piperidine rings is 1. The highest BCUT2D eigenvalue weighted by molar-refractivity contribution is 8.02. The van der Waals surface area contributed by atoms with Crippen molar-refractivity contribution < 1.29 is 9.59 Å². The van der Waals surface area contributed by atoms with Crippen molar-refractivity contribution in [2.45, 2.75) is 46.0 Å². The van der Waals surface area contributed by atoms with E-state index in [1.165, 1.54) is 6.42 Å².